The van der Waals surface area contributed by atoms with Crippen molar-refractivity contribution in [3.63, 3.8) is 0 Å². The first-order chi connectivity index (χ1) is 7.63. The highest BCUT2D eigenvalue weighted by molar-refractivity contribution is 9.10. The molecule has 86 valence electrons. The average molecular weight is 337 g/mol. The predicted octanol–water partition coefficient (Wildman–Crippen LogP) is 4.84. The Bertz CT molecular complexity index is 472. The maximum atomic E-state index is 6.17. The molecule has 0 aliphatic heterocycles. The third kappa shape index (κ3) is 2.36. The molecule has 2 rings (SSSR count). The first-order valence-electron chi connectivity index (χ1n) is 4.79. The standard InChI is InChI=1S/C11H11BrClNS2/c1-6-7(12)5-9(16-6)10(14-2)11-8(13)3-4-15-11/h3-5,10,14H,1-2H3. The van der Waals surface area contributed by atoms with Gasteiger partial charge in [0.1, 0.15) is 0 Å². The summed E-state index contributed by atoms with van der Waals surface area (Å²) in [6.07, 6.45) is 0. The van der Waals surface area contributed by atoms with Gasteiger partial charge < -0.3 is 5.32 Å². The van der Waals surface area contributed by atoms with Crippen LogP contribution in [0.4, 0.5) is 0 Å². The average Bonchev–Trinajstić information content (AvgIpc) is 2.78. The van der Waals surface area contributed by atoms with E-state index in [1.807, 2.05) is 18.5 Å². The highest BCUT2D eigenvalue weighted by Crippen LogP contribution is 2.38. The van der Waals surface area contributed by atoms with Crippen LogP contribution < -0.4 is 5.32 Å². The number of hydrogen-bond acceptors (Lipinski definition) is 3. The van der Waals surface area contributed by atoms with Crippen molar-refractivity contribution in [3.05, 3.63) is 41.6 Å². The molecule has 0 saturated carbocycles. The van der Waals surface area contributed by atoms with Crippen LogP contribution in [0.2, 0.25) is 5.02 Å². The molecule has 0 spiro atoms. The zero-order chi connectivity index (χ0) is 11.7. The molecule has 0 saturated heterocycles. The molecule has 16 heavy (non-hydrogen) atoms. The minimum Gasteiger partial charge on any atom is -0.308 e. The van der Waals surface area contributed by atoms with Crippen molar-refractivity contribution < 1.29 is 0 Å². The van der Waals surface area contributed by atoms with E-state index in [0.29, 0.717) is 0 Å². The first-order valence-corrected chi connectivity index (χ1v) is 7.66. The third-order valence-electron chi connectivity index (χ3n) is 2.36. The molecule has 0 aliphatic rings. The zero-order valence-electron chi connectivity index (χ0n) is 8.88. The van der Waals surface area contributed by atoms with Gasteiger partial charge in [-0.15, -0.1) is 22.7 Å². The summed E-state index contributed by atoms with van der Waals surface area (Å²) >= 11 is 13.2. The predicted molar refractivity (Wildman–Crippen MR) is 77.0 cm³/mol. The normalized spacial score (nSPS) is 13.0. The van der Waals surface area contributed by atoms with Gasteiger partial charge in [-0.2, -0.15) is 0 Å². The summed E-state index contributed by atoms with van der Waals surface area (Å²) in [5, 5.41) is 6.18. The summed E-state index contributed by atoms with van der Waals surface area (Å²) in [5.41, 5.74) is 0. The van der Waals surface area contributed by atoms with Crippen LogP contribution >= 0.6 is 50.2 Å². The number of thiophene rings is 2. The molecule has 0 aromatic carbocycles. The molecule has 1 nitrogen and oxygen atoms in total. The lowest BCUT2D eigenvalue weighted by Gasteiger charge is -2.13. The van der Waals surface area contributed by atoms with Crippen LogP contribution in [0, 0.1) is 6.92 Å². The Hall–Kier alpha value is 0.130. The van der Waals surface area contributed by atoms with E-state index >= 15 is 0 Å². The lowest BCUT2D eigenvalue weighted by Crippen LogP contribution is -2.15. The Morgan fingerprint density at radius 3 is 2.69 bits per heavy atom. The molecule has 1 unspecified atom stereocenters. The Morgan fingerprint density at radius 1 is 1.50 bits per heavy atom. The van der Waals surface area contributed by atoms with Gasteiger partial charge in [0, 0.05) is 19.1 Å². The summed E-state index contributed by atoms with van der Waals surface area (Å²) in [6.45, 7) is 2.11. The minimum atomic E-state index is 0.197. The van der Waals surface area contributed by atoms with Gasteiger partial charge in [0.15, 0.2) is 0 Å². The molecule has 0 radical (unpaired) electrons. The van der Waals surface area contributed by atoms with Crippen LogP contribution in [0.5, 0.6) is 0 Å². The Kier molecular flexibility index (Phi) is 4.08. The van der Waals surface area contributed by atoms with E-state index in [2.05, 4.69) is 34.2 Å². The Balaban J connectivity index is 2.40. The van der Waals surface area contributed by atoms with Crippen molar-refractivity contribution >= 4 is 50.2 Å². The van der Waals surface area contributed by atoms with Crippen LogP contribution in [-0.2, 0) is 0 Å². The molecular weight excluding hydrogens is 326 g/mol. The quantitative estimate of drug-likeness (QED) is 0.845. The number of hydrogen-bond donors (Lipinski definition) is 1. The molecule has 0 bridgehead atoms. The van der Waals surface area contributed by atoms with Crippen molar-refractivity contribution in [1.29, 1.82) is 0 Å². The SMILES string of the molecule is CNC(c1cc(Br)c(C)s1)c1sccc1Cl. The maximum absolute atomic E-state index is 6.17. The summed E-state index contributed by atoms with van der Waals surface area (Å²) in [5.74, 6) is 0. The van der Waals surface area contributed by atoms with Crippen molar-refractivity contribution in [1.82, 2.24) is 5.32 Å². The maximum Gasteiger partial charge on any atom is 0.0778 e. The molecule has 0 fully saturated rings. The highest BCUT2D eigenvalue weighted by Gasteiger charge is 2.19. The van der Waals surface area contributed by atoms with Crippen molar-refractivity contribution in [3.8, 4) is 0 Å². The van der Waals surface area contributed by atoms with Crippen LogP contribution in [-0.4, -0.2) is 7.05 Å². The van der Waals surface area contributed by atoms with E-state index < -0.39 is 0 Å². The largest absolute Gasteiger partial charge is 0.308 e. The number of aryl methyl sites for hydroxylation is 1. The molecule has 2 heterocycles. The monoisotopic (exact) mass is 335 g/mol. The Labute approximate surface area is 117 Å². The van der Waals surface area contributed by atoms with Crippen LogP contribution in [0.1, 0.15) is 20.7 Å². The fourth-order valence-electron chi connectivity index (χ4n) is 1.54. The van der Waals surface area contributed by atoms with Gasteiger partial charge >= 0.3 is 0 Å². The van der Waals surface area contributed by atoms with Gasteiger partial charge in [0.2, 0.25) is 0 Å². The Morgan fingerprint density at radius 2 is 2.25 bits per heavy atom. The van der Waals surface area contributed by atoms with E-state index in [0.717, 1.165) is 5.02 Å². The van der Waals surface area contributed by atoms with Crippen molar-refractivity contribution in [2.45, 2.75) is 13.0 Å². The zero-order valence-corrected chi connectivity index (χ0v) is 12.9. The van der Waals surface area contributed by atoms with E-state index in [-0.39, 0.29) is 6.04 Å². The summed E-state index contributed by atoms with van der Waals surface area (Å²) in [4.78, 5) is 3.76. The van der Waals surface area contributed by atoms with Crippen LogP contribution in [0.3, 0.4) is 0 Å². The van der Waals surface area contributed by atoms with E-state index in [4.69, 9.17) is 11.6 Å². The fraction of sp³-hybridized carbons (Fsp3) is 0.273. The lowest BCUT2D eigenvalue weighted by molar-refractivity contribution is 0.716. The second kappa shape index (κ2) is 5.19. The topological polar surface area (TPSA) is 12.0 Å². The second-order valence-electron chi connectivity index (χ2n) is 3.41. The number of rotatable bonds is 3. The van der Waals surface area contributed by atoms with Gasteiger partial charge in [-0.1, -0.05) is 11.6 Å². The molecule has 0 amide bonds. The first kappa shape index (κ1) is 12.6. The number of halogens is 2. The van der Waals surface area contributed by atoms with Gasteiger partial charge in [-0.3, -0.25) is 0 Å². The van der Waals surface area contributed by atoms with Gasteiger partial charge in [0.25, 0.3) is 0 Å². The van der Waals surface area contributed by atoms with Gasteiger partial charge in [0.05, 0.1) is 11.1 Å². The molecule has 0 aliphatic carbocycles. The summed E-state index contributed by atoms with van der Waals surface area (Å²) < 4.78 is 1.17. The van der Waals surface area contributed by atoms with Crippen molar-refractivity contribution in [2.75, 3.05) is 7.05 Å². The molecular formula is C11H11BrClNS2. The molecule has 1 atom stereocenters. The molecule has 2 aromatic rings. The molecule has 5 heteroatoms. The minimum absolute atomic E-state index is 0.197. The molecule has 1 N–H and O–H groups in total. The van der Waals surface area contributed by atoms with Crippen molar-refractivity contribution in [2.24, 2.45) is 0 Å². The lowest BCUT2D eigenvalue weighted by atomic mass is 10.2. The van der Waals surface area contributed by atoms with Crippen LogP contribution in [0.15, 0.2) is 22.0 Å². The highest BCUT2D eigenvalue weighted by atomic mass is 79.9. The smallest absolute Gasteiger partial charge is 0.0778 e. The van der Waals surface area contributed by atoms with E-state index in [9.17, 15) is 0 Å². The fourth-order valence-corrected chi connectivity index (χ4v) is 4.59. The second-order valence-corrected chi connectivity index (χ2v) is 6.90. The van der Waals surface area contributed by atoms with E-state index in [1.165, 1.54) is 19.1 Å². The summed E-state index contributed by atoms with van der Waals surface area (Å²) in [7, 11) is 1.96. The summed E-state index contributed by atoms with van der Waals surface area (Å²) in [6, 6.07) is 4.31. The van der Waals surface area contributed by atoms with Crippen LogP contribution in [0.25, 0.3) is 0 Å². The number of nitrogens with one attached hydrogen (secondary N) is 1. The van der Waals surface area contributed by atoms with Gasteiger partial charge in [-0.05, 0) is 47.4 Å². The molecule has 2 aromatic heterocycles. The third-order valence-corrected chi connectivity index (χ3v) is 5.98. The van der Waals surface area contributed by atoms with E-state index in [1.54, 1.807) is 22.7 Å². The van der Waals surface area contributed by atoms with Gasteiger partial charge in [-0.25, -0.2) is 0 Å².